The standard InChI is InChI=1S/C20H21N5O4/c1-24-11-14(10-21-24)17-15(8-9-16(26)25(17)2)19-22-18(23-29-19)12-4-6-13(7-5-12)20(27)28-3/h4-7,10-11,15,17H,8-9H2,1-3H3. The highest BCUT2D eigenvalue weighted by Crippen LogP contribution is 2.41. The van der Waals surface area contributed by atoms with Gasteiger partial charge in [0.25, 0.3) is 0 Å². The zero-order chi connectivity index (χ0) is 20.5. The summed E-state index contributed by atoms with van der Waals surface area (Å²) in [4.78, 5) is 30.2. The Morgan fingerprint density at radius 1 is 1.24 bits per heavy atom. The lowest BCUT2D eigenvalue weighted by molar-refractivity contribution is -0.135. The molecule has 9 nitrogen and oxygen atoms in total. The predicted octanol–water partition coefficient (Wildman–Crippen LogP) is 2.33. The number of rotatable bonds is 4. The molecule has 1 aliphatic heterocycles. The van der Waals surface area contributed by atoms with Gasteiger partial charge in [0, 0.05) is 37.8 Å². The highest BCUT2D eigenvalue weighted by molar-refractivity contribution is 5.89. The molecule has 9 heteroatoms. The predicted molar refractivity (Wildman–Crippen MR) is 102 cm³/mol. The molecule has 1 saturated heterocycles. The Bertz CT molecular complexity index is 1040. The van der Waals surface area contributed by atoms with E-state index in [0.717, 1.165) is 11.1 Å². The first-order valence-electron chi connectivity index (χ1n) is 9.24. The summed E-state index contributed by atoms with van der Waals surface area (Å²) in [7, 11) is 4.97. The number of carbonyl (C=O) groups excluding carboxylic acids is 2. The Morgan fingerprint density at radius 2 is 2.00 bits per heavy atom. The maximum absolute atomic E-state index is 12.3. The van der Waals surface area contributed by atoms with E-state index in [1.807, 2.05) is 13.2 Å². The zero-order valence-electron chi connectivity index (χ0n) is 16.4. The highest BCUT2D eigenvalue weighted by atomic mass is 16.5. The summed E-state index contributed by atoms with van der Waals surface area (Å²) in [5, 5.41) is 8.34. The van der Waals surface area contributed by atoms with E-state index in [4.69, 9.17) is 9.26 Å². The molecule has 2 atom stereocenters. The van der Waals surface area contributed by atoms with Crippen molar-refractivity contribution in [1.29, 1.82) is 0 Å². The highest BCUT2D eigenvalue weighted by Gasteiger charge is 2.39. The molecule has 0 saturated carbocycles. The maximum Gasteiger partial charge on any atom is 0.337 e. The molecular formula is C20H21N5O4. The van der Waals surface area contributed by atoms with Gasteiger partial charge in [0.15, 0.2) is 0 Å². The summed E-state index contributed by atoms with van der Waals surface area (Å²) in [5.41, 5.74) is 2.10. The Labute approximate surface area is 167 Å². The molecular weight excluding hydrogens is 374 g/mol. The van der Waals surface area contributed by atoms with Crippen LogP contribution >= 0.6 is 0 Å². The van der Waals surface area contributed by atoms with E-state index in [9.17, 15) is 9.59 Å². The summed E-state index contributed by atoms with van der Waals surface area (Å²) < 4.78 is 12.0. The van der Waals surface area contributed by atoms with Gasteiger partial charge in [0.2, 0.25) is 17.6 Å². The van der Waals surface area contributed by atoms with E-state index >= 15 is 0 Å². The van der Waals surface area contributed by atoms with Crippen molar-refractivity contribution >= 4 is 11.9 Å². The van der Waals surface area contributed by atoms with Crippen LogP contribution in [0.25, 0.3) is 11.4 Å². The van der Waals surface area contributed by atoms with Crippen LogP contribution in [0.5, 0.6) is 0 Å². The van der Waals surface area contributed by atoms with Crippen molar-refractivity contribution in [3.63, 3.8) is 0 Å². The van der Waals surface area contributed by atoms with Gasteiger partial charge in [0.05, 0.1) is 30.8 Å². The quantitative estimate of drug-likeness (QED) is 0.625. The van der Waals surface area contributed by atoms with Gasteiger partial charge in [-0.2, -0.15) is 10.1 Å². The zero-order valence-corrected chi connectivity index (χ0v) is 16.4. The minimum absolute atomic E-state index is 0.0771. The summed E-state index contributed by atoms with van der Waals surface area (Å²) in [6.45, 7) is 0. The van der Waals surface area contributed by atoms with Crippen LogP contribution < -0.4 is 0 Å². The molecule has 3 heterocycles. The molecule has 1 aliphatic rings. The van der Waals surface area contributed by atoms with Crippen LogP contribution in [0.15, 0.2) is 41.2 Å². The van der Waals surface area contributed by atoms with Crippen molar-refractivity contribution in [2.24, 2.45) is 7.05 Å². The number of benzene rings is 1. The molecule has 0 spiro atoms. The molecule has 0 N–H and O–H groups in total. The fourth-order valence-electron chi connectivity index (χ4n) is 3.72. The Balaban J connectivity index is 1.63. The Morgan fingerprint density at radius 3 is 2.66 bits per heavy atom. The van der Waals surface area contributed by atoms with Gasteiger partial charge in [-0.25, -0.2) is 4.79 Å². The maximum atomic E-state index is 12.3. The summed E-state index contributed by atoms with van der Waals surface area (Å²) in [6, 6.07) is 6.58. The number of likely N-dealkylation sites (tertiary alicyclic amines) is 1. The van der Waals surface area contributed by atoms with Crippen LogP contribution in [0.3, 0.4) is 0 Å². The molecule has 4 rings (SSSR count). The first-order valence-corrected chi connectivity index (χ1v) is 9.24. The molecule has 1 amide bonds. The van der Waals surface area contributed by atoms with Crippen LogP contribution in [-0.2, 0) is 16.6 Å². The number of ether oxygens (including phenoxy) is 1. The second-order valence-corrected chi connectivity index (χ2v) is 7.07. The number of carbonyl (C=O) groups is 2. The van der Waals surface area contributed by atoms with E-state index in [-0.39, 0.29) is 17.9 Å². The molecule has 29 heavy (non-hydrogen) atoms. The van der Waals surface area contributed by atoms with Gasteiger partial charge in [0.1, 0.15) is 0 Å². The molecule has 3 aromatic rings. The second-order valence-electron chi connectivity index (χ2n) is 7.07. The topological polar surface area (TPSA) is 103 Å². The number of aromatic nitrogens is 4. The Hall–Kier alpha value is -3.49. The van der Waals surface area contributed by atoms with Gasteiger partial charge in [-0.1, -0.05) is 17.3 Å². The van der Waals surface area contributed by atoms with Crippen LogP contribution in [-0.4, -0.2) is 50.9 Å². The van der Waals surface area contributed by atoms with Crippen molar-refractivity contribution in [3.05, 3.63) is 53.7 Å². The summed E-state index contributed by atoms with van der Waals surface area (Å²) in [5.74, 6) is 0.455. The first-order chi connectivity index (χ1) is 14.0. The fourth-order valence-corrected chi connectivity index (χ4v) is 3.72. The third-order valence-corrected chi connectivity index (χ3v) is 5.25. The summed E-state index contributed by atoms with van der Waals surface area (Å²) in [6.07, 6.45) is 4.69. The largest absolute Gasteiger partial charge is 0.465 e. The van der Waals surface area contributed by atoms with E-state index in [1.165, 1.54) is 7.11 Å². The van der Waals surface area contributed by atoms with Crippen molar-refractivity contribution in [2.45, 2.75) is 24.8 Å². The number of hydrogen-bond donors (Lipinski definition) is 0. The smallest absolute Gasteiger partial charge is 0.337 e. The van der Waals surface area contributed by atoms with Crippen LogP contribution in [0.1, 0.15) is 46.6 Å². The third-order valence-electron chi connectivity index (χ3n) is 5.25. The minimum Gasteiger partial charge on any atom is -0.465 e. The molecule has 0 bridgehead atoms. The molecule has 2 unspecified atom stereocenters. The van der Waals surface area contributed by atoms with E-state index in [0.29, 0.717) is 30.1 Å². The third kappa shape index (κ3) is 3.51. The number of piperidine rings is 1. The monoisotopic (exact) mass is 395 g/mol. The lowest BCUT2D eigenvalue weighted by atomic mass is 9.85. The van der Waals surface area contributed by atoms with E-state index in [1.54, 1.807) is 47.1 Å². The number of aryl methyl sites for hydroxylation is 1. The number of esters is 1. The van der Waals surface area contributed by atoms with E-state index in [2.05, 4.69) is 15.2 Å². The second kappa shape index (κ2) is 7.50. The Kier molecular flexibility index (Phi) is 4.87. The summed E-state index contributed by atoms with van der Waals surface area (Å²) >= 11 is 0. The van der Waals surface area contributed by atoms with Gasteiger partial charge < -0.3 is 14.2 Å². The van der Waals surface area contributed by atoms with Gasteiger partial charge in [-0.3, -0.25) is 9.48 Å². The van der Waals surface area contributed by atoms with Crippen molar-refractivity contribution in [3.8, 4) is 11.4 Å². The number of hydrogen-bond acceptors (Lipinski definition) is 7. The van der Waals surface area contributed by atoms with Crippen molar-refractivity contribution in [1.82, 2.24) is 24.8 Å². The van der Waals surface area contributed by atoms with Gasteiger partial charge in [-0.05, 0) is 18.6 Å². The van der Waals surface area contributed by atoms with Crippen LogP contribution in [0.2, 0.25) is 0 Å². The van der Waals surface area contributed by atoms with Gasteiger partial charge in [-0.15, -0.1) is 0 Å². The number of amides is 1. The molecule has 2 aromatic heterocycles. The number of nitrogens with zero attached hydrogens (tertiary/aromatic N) is 5. The van der Waals surface area contributed by atoms with Crippen LogP contribution in [0, 0.1) is 0 Å². The molecule has 0 aliphatic carbocycles. The minimum atomic E-state index is -0.403. The van der Waals surface area contributed by atoms with Crippen molar-refractivity contribution in [2.75, 3.05) is 14.2 Å². The molecule has 150 valence electrons. The molecule has 1 aromatic carbocycles. The number of likely N-dealkylation sites (N-methyl/N-ethyl adjacent to an activating group) is 1. The van der Waals surface area contributed by atoms with E-state index < -0.39 is 5.97 Å². The van der Waals surface area contributed by atoms with Crippen molar-refractivity contribution < 1.29 is 18.8 Å². The molecule has 1 fully saturated rings. The average molecular weight is 395 g/mol. The van der Waals surface area contributed by atoms with Crippen LogP contribution in [0.4, 0.5) is 0 Å². The lowest BCUT2D eigenvalue weighted by Gasteiger charge is -2.36. The fraction of sp³-hybridized carbons (Fsp3) is 0.350. The first kappa shape index (κ1) is 18.9. The number of methoxy groups -OCH3 is 1. The normalized spacial score (nSPS) is 19.4. The van der Waals surface area contributed by atoms with Gasteiger partial charge >= 0.3 is 5.97 Å². The lowest BCUT2D eigenvalue weighted by Crippen LogP contribution is -2.39. The SMILES string of the molecule is COC(=O)c1ccc(-c2noc(C3CCC(=O)N(C)C3c3cnn(C)c3)n2)cc1. The molecule has 0 radical (unpaired) electrons. The average Bonchev–Trinajstić information content (AvgIpc) is 3.39.